The van der Waals surface area contributed by atoms with Gasteiger partial charge in [0.15, 0.2) is 0 Å². The second-order valence-electron chi connectivity index (χ2n) is 6.27. The summed E-state index contributed by atoms with van der Waals surface area (Å²) < 4.78 is 33.3. The van der Waals surface area contributed by atoms with Crippen molar-refractivity contribution in [3.63, 3.8) is 0 Å². The van der Waals surface area contributed by atoms with Gasteiger partial charge in [0.25, 0.3) is 15.9 Å². The van der Waals surface area contributed by atoms with Crippen LogP contribution in [0.5, 0.6) is 5.75 Å². The first-order chi connectivity index (χ1) is 14.7. The van der Waals surface area contributed by atoms with Gasteiger partial charge in [-0.1, -0.05) is 23.7 Å². The number of aromatic carboxylic acids is 1. The summed E-state index contributed by atoms with van der Waals surface area (Å²) in [5, 5.41) is 14.3. The monoisotopic (exact) mass is 459 g/mol. The molecular formula is C21H16ClN2O6S-. The summed E-state index contributed by atoms with van der Waals surface area (Å²) in [5.74, 6) is -2.17. The van der Waals surface area contributed by atoms with Gasteiger partial charge in [0.1, 0.15) is 10.6 Å². The summed E-state index contributed by atoms with van der Waals surface area (Å²) in [6.07, 6.45) is 0. The van der Waals surface area contributed by atoms with E-state index in [1.54, 1.807) is 36.4 Å². The van der Waals surface area contributed by atoms with Crippen LogP contribution in [0.25, 0.3) is 0 Å². The fourth-order valence-corrected chi connectivity index (χ4v) is 4.12. The van der Waals surface area contributed by atoms with Gasteiger partial charge in [0, 0.05) is 10.7 Å². The number of para-hydroxylation sites is 1. The van der Waals surface area contributed by atoms with Gasteiger partial charge in [-0.3, -0.25) is 9.52 Å². The minimum absolute atomic E-state index is 0.00475. The highest BCUT2D eigenvalue weighted by atomic mass is 35.5. The Hall–Kier alpha value is -3.56. The highest BCUT2D eigenvalue weighted by Crippen LogP contribution is 2.28. The summed E-state index contributed by atoms with van der Waals surface area (Å²) >= 11 is 5.84. The molecule has 0 radical (unpaired) electrons. The van der Waals surface area contributed by atoms with Crippen molar-refractivity contribution in [1.29, 1.82) is 0 Å². The zero-order chi connectivity index (χ0) is 22.6. The van der Waals surface area contributed by atoms with Crippen molar-refractivity contribution >= 4 is 44.9 Å². The molecule has 0 aliphatic heterocycles. The lowest BCUT2D eigenvalue weighted by Crippen LogP contribution is -2.23. The molecule has 3 aromatic rings. The Balaban J connectivity index is 1.94. The molecule has 8 nitrogen and oxygen atoms in total. The zero-order valence-corrected chi connectivity index (χ0v) is 17.7. The molecule has 0 aliphatic rings. The van der Waals surface area contributed by atoms with E-state index in [2.05, 4.69) is 10.0 Å². The summed E-state index contributed by atoms with van der Waals surface area (Å²) in [4.78, 5) is 23.5. The van der Waals surface area contributed by atoms with E-state index in [0.29, 0.717) is 10.7 Å². The number of carboxylic acid groups (broad SMARTS) is 1. The molecule has 3 aromatic carbocycles. The molecule has 31 heavy (non-hydrogen) atoms. The summed E-state index contributed by atoms with van der Waals surface area (Å²) in [6, 6.07) is 15.7. The van der Waals surface area contributed by atoms with E-state index in [-0.39, 0.29) is 22.6 Å². The third-order valence-corrected chi connectivity index (χ3v) is 5.85. The van der Waals surface area contributed by atoms with E-state index in [1.807, 2.05) is 0 Å². The molecule has 160 valence electrons. The maximum Gasteiger partial charge on any atom is 0.265 e. The fraction of sp³-hybridized carbons (Fsp3) is 0.0476. The predicted octanol–water partition coefficient (Wildman–Crippen LogP) is 2.77. The number of carboxylic acids is 1. The second kappa shape index (κ2) is 9.07. The van der Waals surface area contributed by atoms with Crippen LogP contribution in [0.15, 0.2) is 71.6 Å². The van der Waals surface area contributed by atoms with Crippen molar-refractivity contribution in [1.82, 2.24) is 0 Å². The number of anilines is 2. The van der Waals surface area contributed by atoms with Crippen LogP contribution in [0.4, 0.5) is 11.4 Å². The van der Waals surface area contributed by atoms with E-state index in [1.165, 1.54) is 31.4 Å². The topological polar surface area (TPSA) is 125 Å². The SMILES string of the molecule is COc1ccc(C(=O)[O-])cc1S(=O)(=O)Nc1ccccc1C(=O)Nc1ccc(Cl)cc1. The minimum Gasteiger partial charge on any atom is -0.545 e. The van der Waals surface area contributed by atoms with Crippen LogP contribution < -0.4 is 19.9 Å². The zero-order valence-electron chi connectivity index (χ0n) is 16.1. The Labute approximate surface area is 183 Å². The Morgan fingerprint density at radius 2 is 1.68 bits per heavy atom. The normalized spacial score (nSPS) is 10.9. The van der Waals surface area contributed by atoms with Crippen molar-refractivity contribution in [3.8, 4) is 5.75 Å². The number of sulfonamides is 1. The molecule has 0 atom stereocenters. The molecule has 2 N–H and O–H groups in total. The number of ether oxygens (including phenoxy) is 1. The van der Waals surface area contributed by atoms with Gasteiger partial charge in [0.05, 0.1) is 24.3 Å². The molecule has 0 fully saturated rings. The molecule has 0 aromatic heterocycles. The van der Waals surface area contributed by atoms with Gasteiger partial charge in [-0.15, -0.1) is 0 Å². The lowest BCUT2D eigenvalue weighted by Gasteiger charge is -2.15. The Morgan fingerprint density at radius 3 is 2.32 bits per heavy atom. The minimum atomic E-state index is -4.31. The number of rotatable bonds is 7. The molecule has 0 saturated carbocycles. The van der Waals surface area contributed by atoms with Gasteiger partial charge in [-0.2, -0.15) is 0 Å². The van der Waals surface area contributed by atoms with Gasteiger partial charge in [-0.25, -0.2) is 8.42 Å². The van der Waals surface area contributed by atoms with E-state index in [9.17, 15) is 23.1 Å². The van der Waals surface area contributed by atoms with Gasteiger partial charge in [0.2, 0.25) is 0 Å². The third-order valence-electron chi connectivity index (χ3n) is 4.21. The molecule has 0 aliphatic carbocycles. The van der Waals surface area contributed by atoms with Crippen molar-refractivity contribution in [3.05, 3.63) is 82.9 Å². The van der Waals surface area contributed by atoms with Crippen molar-refractivity contribution in [2.45, 2.75) is 4.90 Å². The van der Waals surface area contributed by atoms with Crippen molar-refractivity contribution in [2.75, 3.05) is 17.1 Å². The highest BCUT2D eigenvalue weighted by Gasteiger charge is 2.23. The largest absolute Gasteiger partial charge is 0.545 e. The number of benzene rings is 3. The number of halogens is 1. The molecule has 1 amide bonds. The number of carbonyl (C=O) groups is 2. The van der Waals surface area contributed by atoms with E-state index in [0.717, 1.165) is 6.07 Å². The summed E-state index contributed by atoms with van der Waals surface area (Å²) in [6.45, 7) is 0. The van der Waals surface area contributed by atoms with Gasteiger partial charge < -0.3 is 20.0 Å². The first kappa shape index (κ1) is 22.1. The average molecular weight is 460 g/mol. The standard InChI is InChI=1S/C21H17ClN2O6S/c1-30-18-11-6-13(21(26)27)12-19(18)31(28,29)24-17-5-3-2-4-16(17)20(25)23-15-9-7-14(22)8-10-15/h2-12,24H,1H3,(H,23,25)(H,26,27)/p-1. The molecule has 0 spiro atoms. The van der Waals surface area contributed by atoms with Crippen molar-refractivity contribution in [2.24, 2.45) is 0 Å². The van der Waals surface area contributed by atoms with E-state index >= 15 is 0 Å². The van der Waals surface area contributed by atoms with Crippen LogP contribution in [0.3, 0.4) is 0 Å². The number of amides is 1. The molecule has 0 bridgehead atoms. The first-order valence-electron chi connectivity index (χ1n) is 8.79. The number of methoxy groups -OCH3 is 1. The van der Waals surface area contributed by atoms with E-state index < -0.39 is 26.8 Å². The van der Waals surface area contributed by atoms with E-state index in [4.69, 9.17) is 16.3 Å². The molecule has 3 rings (SSSR count). The lowest BCUT2D eigenvalue weighted by atomic mass is 10.1. The molecular weight excluding hydrogens is 444 g/mol. The number of nitrogens with one attached hydrogen (secondary N) is 2. The number of hydrogen-bond acceptors (Lipinski definition) is 6. The van der Waals surface area contributed by atoms with Crippen LogP contribution in [0.1, 0.15) is 20.7 Å². The second-order valence-corrected chi connectivity index (χ2v) is 8.35. The summed E-state index contributed by atoms with van der Waals surface area (Å²) in [7, 11) is -3.06. The summed E-state index contributed by atoms with van der Waals surface area (Å²) in [5.41, 5.74) is 0.177. The molecule has 0 unspecified atom stereocenters. The van der Waals surface area contributed by atoms with Crippen molar-refractivity contribution < 1.29 is 27.9 Å². The Morgan fingerprint density at radius 1 is 1.00 bits per heavy atom. The molecule has 0 saturated heterocycles. The number of hydrogen-bond donors (Lipinski definition) is 2. The quantitative estimate of drug-likeness (QED) is 0.559. The van der Waals surface area contributed by atoms with Crippen LogP contribution in [-0.4, -0.2) is 27.4 Å². The highest BCUT2D eigenvalue weighted by molar-refractivity contribution is 7.92. The average Bonchev–Trinajstić information content (AvgIpc) is 2.75. The molecule has 10 heteroatoms. The Bertz CT molecular complexity index is 1240. The maximum atomic E-state index is 13.0. The lowest BCUT2D eigenvalue weighted by molar-refractivity contribution is -0.255. The fourth-order valence-electron chi connectivity index (χ4n) is 2.72. The number of carbonyl (C=O) groups excluding carboxylic acids is 2. The predicted molar refractivity (Wildman–Crippen MR) is 114 cm³/mol. The van der Waals surface area contributed by atoms with Crippen LogP contribution >= 0.6 is 11.6 Å². The maximum absolute atomic E-state index is 13.0. The first-order valence-corrected chi connectivity index (χ1v) is 10.7. The van der Waals surface area contributed by atoms with Gasteiger partial charge in [-0.05, 0) is 60.2 Å². The van der Waals surface area contributed by atoms with Crippen LogP contribution in [0.2, 0.25) is 5.02 Å². The smallest absolute Gasteiger partial charge is 0.265 e. The third kappa shape index (κ3) is 5.14. The van der Waals surface area contributed by atoms with Gasteiger partial charge >= 0.3 is 0 Å². The Kier molecular flexibility index (Phi) is 6.47. The molecule has 0 heterocycles. The van der Waals surface area contributed by atoms with Crippen LogP contribution in [0, 0.1) is 0 Å². The van der Waals surface area contributed by atoms with Crippen LogP contribution in [-0.2, 0) is 10.0 Å².